The number of nitrogens with one attached hydrogen (secondary N) is 4. The van der Waals surface area contributed by atoms with Gasteiger partial charge in [-0.1, -0.05) is 13.8 Å². The average Bonchev–Trinajstić information content (AvgIpc) is 2.94. The van der Waals surface area contributed by atoms with Crippen LogP contribution in [-0.2, 0) is 52.4 Å². The molecule has 0 aliphatic rings. The Morgan fingerprint density at radius 2 is 0.977 bits per heavy atom. The van der Waals surface area contributed by atoms with E-state index in [1.807, 2.05) is 13.8 Å². The molecule has 0 bridgehead atoms. The molecule has 0 aliphatic heterocycles. The predicted octanol–water partition coefficient (Wildman–Crippen LogP) is -1.74. The Morgan fingerprint density at radius 3 is 1.37 bits per heavy atom. The van der Waals surface area contributed by atoms with Crippen LogP contribution < -0.4 is 21.3 Å². The molecule has 3 amide bonds. The molecular formula is C27H50N4O12. The summed E-state index contributed by atoms with van der Waals surface area (Å²) in [6.07, 6.45) is 0.283. The quantitative estimate of drug-likeness (QED) is 0.0564. The second-order valence-corrected chi connectivity index (χ2v) is 9.50. The highest BCUT2D eigenvalue weighted by Gasteiger charge is 2.19. The third kappa shape index (κ3) is 29.1. The molecule has 0 spiro atoms. The lowest BCUT2D eigenvalue weighted by molar-refractivity contribution is -0.140. The van der Waals surface area contributed by atoms with Crippen LogP contribution in [0, 0.1) is 0 Å². The van der Waals surface area contributed by atoms with Gasteiger partial charge in [-0.15, -0.1) is 0 Å². The van der Waals surface area contributed by atoms with Crippen molar-refractivity contribution in [2.75, 3.05) is 98.9 Å². The van der Waals surface area contributed by atoms with Gasteiger partial charge in [0, 0.05) is 32.1 Å². The number of Topliss-reactive ketones (excluding diaryl/α,β-unsaturated/α-hetero) is 1. The van der Waals surface area contributed by atoms with E-state index >= 15 is 0 Å². The van der Waals surface area contributed by atoms with Crippen molar-refractivity contribution in [3.8, 4) is 0 Å². The number of amides is 3. The Morgan fingerprint density at radius 1 is 0.581 bits per heavy atom. The number of carbonyl (C=O) groups is 5. The molecule has 0 saturated carbocycles. The maximum atomic E-state index is 11.8. The van der Waals surface area contributed by atoms with E-state index in [2.05, 4.69) is 21.3 Å². The lowest BCUT2D eigenvalue weighted by Crippen LogP contribution is -2.41. The van der Waals surface area contributed by atoms with Crippen molar-refractivity contribution in [2.45, 2.75) is 45.7 Å². The molecule has 1 atom stereocenters. The summed E-state index contributed by atoms with van der Waals surface area (Å²) in [7, 11) is 0. The highest BCUT2D eigenvalue weighted by atomic mass is 16.5. The maximum absolute atomic E-state index is 11.8. The number of rotatable bonds is 30. The molecule has 5 N–H and O–H groups in total. The Hall–Kier alpha value is -2.73. The summed E-state index contributed by atoms with van der Waals surface area (Å²) >= 11 is 0. The van der Waals surface area contributed by atoms with E-state index in [-0.39, 0.29) is 108 Å². The fourth-order valence-electron chi connectivity index (χ4n) is 3.14. The molecule has 16 heteroatoms. The summed E-state index contributed by atoms with van der Waals surface area (Å²) in [6, 6.07) is -0.770. The van der Waals surface area contributed by atoms with E-state index in [1.165, 1.54) is 6.92 Å². The van der Waals surface area contributed by atoms with E-state index < -0.39 is 12.0 Å². The third-order valence-corrected chi connectivity index (χ3v) is 5.09. The van der Waals surface area contributed by atoms with Gasteiger partial charge in [-0.2, -0.15) is 0 Å². The summed E-state index contributed by atoms with van der Waals surface area (Å²) in [5.74, 6) is -1.87. The van der Waals surface area contributed by atoms with E-state index in [9.17, 15) is 24.0 Å². The Bertz CT molecular complexity index is 785. The van der Waals surface area contributed by atoms with Crippen LogP contribution in [0.3, 0.4) is 0 Å². The van der Waals surface area contributed by atoms with Crippen molar-refractivity contribution in [3.05, 3.63) is 0 Å². The van der Waals surface area contributed by atoms with Crippen LogP contribution in [0.2, 0.25) is 0 Å². The summed E-state index contributed by atoms with van der Waals surface area (Å²) < 4.78 is 31.4. The zero-order chi connectivity index (χ0) is 32.1. The lowest BCUT2D eigenvalue weighted by atomic mass is 10.1. The highest BCUT2D eigenvalue weighted by molar-refractivity contribution is 5.78. The summed E-state index contributed by atoms with van der Waals surface area (Å²) in [5.41, 5.74) is 0. The number of hydrogen-bond donors (Lipinski definition) is 5. The Kier molecular flexibility index (Phi) is 26.3. The number of hydrogen-bond acceptors (Lipinski definition) is 12. The second kappa shape index (κ2) is 28.1. The van der Waals surface area contributed by atoms with Gasteiger partial charge in [-0.25, -0.2) is 0 Å². The molecule has 0 aromatic heterocycles. The largest absolute Gasteiger partial charge is 0.480 e. The van der Waals surface area contributed by atoms with E-state index in [1.54, 1.807) is 0 Å². The average molecular weight is 623 g/mol. The van der Waals surface area contributed by atoms with Crippen LogP contribution in [0.4, 0.5) is 0 Å². The van der Waals surface area contributed by atoms with Crippen LogP contribution >= 0.6 is 0 Å². The van der Waals surface area contributed by atoms with Gasteiger partial charge >= 0.3 is 5.97 Å². The van der Waals surface area contributed by atoms with E-state index in [0.29, 0.717) is 32.9 Å². The first-order valence-electron chi connectivity index (χ1n) is 14.4. The summed E-state index contributed by atoms with van der Waals surface area (Å²) in [4.78, 5) is 57.1. The molecule has 0 rings (SSSR count). The van der Waals surface area contributed by atoms with Gasteiger partial charge in [-0.05, 0) is 13.3 Å². The van der Waals surface area contributed by atoms with Gasteiger partial charge in [-0.3, -0.25) is 24.0 Å². The number of carbonyl (C=O) groups excluding carboxylic acids is 4. The molecule has 0 aromatic rings. The third-order valence-electron chi connectivity index (χ3n) is 5.09. The maximum Gasteiger partial charge on any atom is 0.320 e. The van der Waals surface area contributed by atoms with Crippen molar-refractivity contribution >= 4 is 29.5 Å². The zero-order valence-electron chi connectivity index (χ0n) is 25.6. The standard InChI is InChI=1S/C27H50N4O12/c1-21(2)31-23(27(36)37)4-5-24(33)28-6-9-38-13-16-42-19-26(35)30-8-11-40-14-17-43-20-25(34)29-7-10-39-12-15-41-18-22(3)32/h21,23,31H,4-20H2,1-3H3,(H,28,33)(H,29,34)(H,30,35)(H,36,37)/t23-/m0/s1. The molecule has 43 heavy (non-hydrogen) atoms. The van der Waals surface area contributed by atoms with Gasteiger partial charge in [0.2, 0.25) is 17.7 Å². The summed E-state index contributed by atoms with van der Waals surface area (Å²) in [5, 5.41) is 20.0. The number of ketones is 1. The first-order valence-corrected chi connectivity index (χ1v) is 14.4. The van der Waals surface area contributed by atoms with E-state index in [0.717, 1.165) is 0 Å². The lowest BCUT2D eigenvalue weighted by Gasteiger charge is -2.16. The molecule has 0 heterocycles. The number of ether oxygens (including phenoxy) is 6. The first kappa shape index (κ1) is 40.3. The number of carboxylic acid groups (broad SMARTS) is 1. The van der Waals surface area contributed by atoms with E-state index in [4.69, 9.17) is 33.5 Å². The molecular weight excluding hydrogens is 572 g/mol. The molecule has 250 valence electrons. The summed E-state index contributed by atoms with van der Waals surface area (Å²) in [6.45, 7) is 8.29. The Labute approximate surface area is 253 Å². The van der Waals surface area contributed by atoms with Crippen LogP contribution in [0.15, 0.2) is 0 Å². The highest BCUT2D eigenvalue weighted by Crippen LogP contribution is 1.99. The Balaban J connectivity index is 3.46. The topological polar surface area (TPSA) is 209 Å². The molecule has 0 unspecified atom stereocenters. The molecule has 0 saturated heterocycles. The van der Waals surface area contributed by atoms with Crippen molar-refractivity contribution < 1.29 is 57.5 Å². The minimum absolute atomic E-state index is 0.00164. The van der Waals surface area contributed by atoms with Gasteiger partial charge in [0.15, 0.2) is 5.78 Å². The molecule has 0 aliphatic carbocycles. The minimum Gasteiger partial charge on any atom is -0.480 e. The normalized spacial score (nSPS) is 11.7. The number of carboxylic acids is 1. The zero-order valence-corrected chi connectivity index (χ0v) is 25.6. The fraction of sp³-hybridized carbons (Fsp3) is 0.815. The van der Waals surface area contributed by atoms with Crippen molar-refractivity contribution in [1.82, 2.24) is 21.3 Å². The van der Waals surface area contributed by atoms with Gasteiger partial charge in [0.25, 0.3) is 0 Å². The molecule has 0 fully saturated rings. The molecule has 0 radical (unpaired) electrons. The monoisotopic (exact) mass is 622 g/mol. The van der Waals surface area contributed by atoms with Gasteiger partial charge in [0.1, 0.15) is 25.9 Å². The SMILES string of the molecule is CC(=O)COCCOCCNC(=O)COCCOCCNC(=O)COCCOCCNC(=O)CC[C@H](NC(C)C)C(=O)O. The van der Waals surface area contributed by atoms with Gasteiger partial charge in [0.05, 0.1) is 59.5 Å². The van der Waals surface area contributed by atoms with Crippen LogP contribution in [0.5, 0.6) is 0 Å². The van der Waals surface area contributed by atoms with Crippen LogP contribution in [-0.4, -0.2) is 146 Å². The first-order chi connectivity index (χ1) is 20.6. The number of aliphatic carboxylic acids is 1. The minimum atomic E-state index is -0.987. The fourth-order valence-corrected chi connectivity index (χ4v) is 3.14. The smallest absolute Gasteiger partial charge is 0.320 e. The van der Waals surface area contributed by atoms with Crippen LogP contribution in [0.25, 0.3) is 0 Å². The van der Waals surface area contributed by atoms with Crippen molar-refractivity contribution in [3.63, 3.8) is 0 Å². The second-order valence-electron chi connectivity index (χ2n) is 9.50. The molecule has 16 nitrogen and oxygen atoms in total. The predicted molar refractivity (Wildman–Crippen MR) is 154 cm³/mol. The van der Waals surface area contributed by atoms with Crippen LogP contribution in [0.1, 0.15) is 33.6 Å². The molecule has 0 aromatic carbocycles. The van der Waals surface area contributed by atoms with Gasteiger partial charge < -0.3 is 54.8 Å². The van der Waals surface area contributed by atoms with Crippen molar-refractivity contribution in [1.29, 1.82) is 0 Å². The van der Waals surface area contributed by atoms with Crippen molar-refractivity contribution in [2.24, 2.45) is 0 Å².